The minimum absolute atomic E-state index is 0.0193. The van der Waals surface area contributed by atoms with E-state index in [4.69, 9.17) is 0 Å². The van der Waals surface area contributed by atoms with Gasteiger partial charge in [-0.1, -0.05) is 6.92 Å². The van der Waals surface area contributed by atoms with E-state index >= 15 is 0 Å². The molecule has 0 aliphatic heterocycles. The number of hydrogen-bond acceptors (Lipinski definition) is 3. The van der Waals surface area contributed by atoms with Crippen molar-refractivity contribution in [2.45, 2.75) is 33.2 Å². The number of ketones is 1. The Labute approximate surface area is 108 Å². The SMILES string of the molecule is CCCN[C@@H](C)C(=O)Nc1ccc(C(C)=O)cc1. The molecule has 1 aromatic carbocycles. The molecule has 0 unspecified atom stereocenters. The molecule has 0 bridgehead atoms. The number of rotatable bonds is 6. The maximum Gasteiger partial charge on any atom is 0.241 e. The van der Waals surface area contributed by atoms with Crippen molar-refractivity contribution in [3.05, 3.63) is 29.8 Å². The molecule has 0 aliphatic carbocycles. The van der Waals surface area contributed by atoms with Gasteiger partial charge in [-0.3, -0.25) is 9.59 Å². The van der Waals surface area contributed by atoms with Gasteiger partial charge in [0.2, 0.25) is 5.91 Å². The number of benzene rings is 1. The predicted molar refractivity (Wildman–Crippen MR) is 72.8 cm³/mol. The molecule has 0 fully saturated rings. The van der Waals surface area contributed by atoms with Gasteiger partial charge in [-0.15, -0.1) is 0 Å². The van der Waals surface area contributed by atoms with Crippen molar-refractivity contribution in [2.75, 3.05) is 11.9 Å². The fourth-order valence-corrected chi connectivity index (χ4v) is 1.49. The van der Waals surface area contributed by atoms with Crippen LogP contribution in [0.2, 0.25) is 0 Å². The molecule has 18 heavy (non-hydrogen) atoms. The number of hydrogen-bond donors (Lipinski definition) is 2. The Balaban J connectivity index is 2.56. The molecule has 0 saturated heterocycles. The minimum atomic E-state index is -0.225. The first-order valence-corrected chi connectivity index (χ1v) is 6.19. The lowest BCUT2D eigenvalue weighted by Crippen LogP contribution is -2.38. The van der Waals surface area contributed by atoms with Gasteiger partial charge in [0.15, 0.2) is 5.78 Å². The fraction of sp³-hybridized carbons (Fsp3) is 0.429. The zero-order valence-corrected chi connectivity index (χ0v) is 11.1. The Morgan fingerprint density at radius 1 is 1.22 bits per heavy atom. The van der Waals surface area contributed by atoms with Crippen molar-refractivity contribution < 1.29 is 9.59 Å². The maximum absolute atomic E-state index is 11.8. The van der Waals surface area contributed by atoms with Crippen molar-refractivity contribution >= 4 is 17.4 Å². The van der Waals surface area contributed by atoms with Crippen LogP contribution in [0.25, 0.3) is 0 Å². The molecule has 1 amide bonds. The Bertz CT molecular complexity index is 412. The molecule has 1 aromatic rings. The van der Waals surface area contributed by atoms with Crippen LogP contribution in [0.1, 0.15) is 37.6 Å². The van der Waals surface area contributed by atoms with Gasteiger partial charge in [-0.25, -0.2) is 0 Å². The Morgan fingerprint density at radius 2 is 1.83 bits per heavy atom. The van der Waals surface area contributed by atoms with Gasteiger partial charge < -0.3 is 10.6 Å². The number of carbonyl (C=O) groups excluding carboxylic acids is 2. The largest absolute Gasteiger partial charge is 0.325 e. The molecule has 0 saturated carbocycles. The Kier molecular flexibility index (Phi) is 5.52. The van der Waals surface area contributed by atoms with E-state index in [9.17, 15) is 9.59 Å². The number of nitrogens with one attached hydrogen (secondary N) is 2. The van der Waals surface area contributed by atoms with E-state index in [1.165, 1.54) is 6.92 Å². The van der Waals surface area contributed by atoms with Crippen molar-refractivity contribution in [2.24, 2.45) is 0 Å². The first-order chi connectivity index (χ1) is 8.54. The summed E-state index contributed by atoms with van der Waals surface area (Å²) in [6, 6.07) is 6.67. The smallest absolute Gasteiger partial charge is 0.241 e. The van der Waals surface area contributed by atoms with E-state index < -0.39 is 0 Å². The fourth-order valence-electron chi connectivity index (χ4n) is 1.49. The topological polar surface area (TPSA) is 58.2 Å². The summed E-state index contributed by atoms with van der Waals surface area (Å²) >= 11 is 0. The summed E-state index contributed by atoms with van der Waals surface area (Å²) in [7, 11) is 0. The van der Waals surface area contributed by atoms with Crippen LogP contribution >= 0.6 is 0 Å². The van der Waals surface area contributed by atoms with E-state index in [1.807, 2.05) is 6.92 Å². The zero-order chi connectivity index (χ0) is 13.5. The van der Waals surface area contributed by atoms with E-state index in [2.05, 4.69) is 17.6 Å². The molecular formula is C14H20N2O2. The van der Waals surface area contributed by atoms with Gasteiger partial charge in [0, 0.05) is 11.3 Å². The van der Waals surface area contributed by atoms with Crippen LogP contribution in [-0.2, 0) is 4.79 Å². The molecule has 1 atom stereocenters. The Hall–Kier alpha value is -1.68. The highest BCUT2D eigenvalue weighted by atomic mass is 16.2. The number of carbonyl (C=O) groups is 2. The molecule has 2 N–H and O–H groups in total. The molecule has 0 heterocycles. The third-order valence-corrected chi connectivity index (χ3v) is 2.65. The Morgan fingerprint density at radius 3 is 2.33 bits per heavy atom. The van der Waals surface area contributed by atoms with Crippen LogP contribution < -0.4 is 10.6 Å². The van der Waals surface area contributed by atoms with Gasteiger partial charge in [0.1, 0.15) is 0 Å². The summed E-state index contributed by atoms with van der Waals surface area (Å²) < 4.78 is 0. The quantitative estimate of drug-likeness (QED) is 0.759. The van der Waals surface area contributed by atoms with E-state index in [-0.39, 0.29) is 17.7 Å². The first-order valence-electron chi connectivity index (χ1n) is 6.19. The number of Topliss-reactive ketones (excluding diaryl/α,β-unsaturated/α-hetero) is 1. The van der Waals surface area contributed by atoms with Gasteiger partial charge in [0.05, 0.1) is 6.04 Å². The van der Waals surface area contributed by atoms with Crippen molar-refractivity contribution in [1.82, 2.24) is 5.32 Å². The van der Waals surface area contributed by atoms with E-state index in [1.54, 1.807) is 24.3 Å². The van der Waals surface area contributed by atoms with Crippen molar-refractivity contribution in [3.8, 4) is 0 Å². The normalized spacial score (nSPS) is 11.9. The third kappa shape index (κ3) is 4.30. The highest BCUT2D eigenvalue weighted by Crippen LogP contribution is 2.10. The molecule has 98 valence electrons. The highest BCUT2D eigenvalue weighted by molar-refractivity contribution is 5.96. The molecule has 0 spiro atoms. The summed E-state index contributed by atoms with van der Waals surface area (Å²) in [6.45, 7) is 6.22. The number of anilines is 1. The molecule has 0 aliphatic rings. The second kappa shape index (κ2) is 6.91. The van der Waals surface area contributed by atoms with Gasteiger partial charge in [0.25, 0.3) is 0 Å². The summed E-state index contributed by atoms with van der Waals surface area (Å²) in [6.07, 6.45) is 0.991. The van der Waals surface area contributed by atoms with Gasteiger partial charge in [-0.05, 0) is 51.1 Å². The van der Waals surface area contributed by atoms with Crippen LogP contribution in [-0.4, -0.2) is 24.3 Å². The summed E-state index contributed by atoms with van der Waals surface area (Å²) in [5.41, 5.74) is 1.35. The number of amides is 1. The molecule has 4 nitrogen and oxygen atoms in total. The second-order valence-electron chi connectivity index (χ2n) is 4.30. The monoisotopic (exact) mass is 248 g/mol. The molecule has 1 rings (SSSR count). The average molecular weight is 248 g/mol. The first kappa shape index (κ1) is 14.4. The maximum atomic E-state index is 11.8. The van der Waals surface area contributed by atoms with Crippen LogP contribution in [0.15, 0.2) is 24.3 Å². The second-order valence-corrected chi connectivity index (χ2v) is 4.30. The average Bonchev–Trinajstić information content (AvgIpc) is 2.36. The predicted octanol–water partition coefficient (Wildman–Crippen LogP) is 2.22. The minimum Gasteiger partial charge on any atom is -0.325 e. The van der Waals surface area contributed by atoms with Gasteiger partial charge >= 0.3 is 0 Å². The van der Waals surface area contributed by atoms with E-state index in [0.717, 1.165) is 13.0 Å². The third-order valence-electron chi connectivity index (χ3n) is 2.65. The highest BCUT2D eigenvalue weighted by Gasteiger charge is 2.11. The standard InChI is InChI=1S/C14H20N2O2/c1-4-9-15-10(2)14(18)16-13-7-5-12(6-8-13)11(3)17/h5-8,10,15H,4,9H2,1-3H3,(H,16,18)/t10-/m0/s1. The molecule has 0 radical (unpaired) electrons. The summed E-state index contributed by atoms with van der Waals surface area (Å²) in [5, 5.41) is 5.92. The van der Waals surface area contributed by atoms with Crippen molar-refractivity contribution in [1.29, 1.82) is 0 Å². The van der Waals surface area contributed by atoms with Gasteiger partial charge in [-0.2, -0.15) is 0 Å². The lowest BCUT2D eigenvalue weighted by Gasteiger charge is -2.13. The lowest BCUT2D eigenvalue weighted by atomic mass is 10.1. The van der Waals surface area contributed by atoms with Crippen LogP contribution in [0.4, 0.5) is 5.69 Å². The summed E-state index contributed by atoms with van der Waals surface area (Å²) in [5.74, 6) is -0.0510. The summed E-state index contributed by atoms with van der Waals surface area (Å²) in [4.78, 5) is 22.9. The molecule has 0 aromatic heterocycles. The molecule has 4 heteroatoms. The van der Waals surface area contributed by atoms with Crippen LogP contribution in [0.5, 0.6) is 0 Å². The molecular weight excluding hydrogens is 228 g/mol. The lowest BCUT2D eigenvalue weighted by molar-refractivity contribution is -0.117. The van der Waals surface area contributed by atoms with Crippen LogP contribution in [0.3, 0.4) is 0 Å². The zero-order valence-electron chi connectivity index (χ0n) is 11.1. The van der Waals surface area contributed by atoms with Crippen molar-refractivity contribution in [3.63, 3.8) is 0 Å². The van der Waals surface area contributed by atoms with E-state index in [0.29, 0.717) is 11.3 Å². The van der Waals surface area contributed by atoms with Crippen LogP contribution in [0, 0.1) is 0 Å².